The highest BCUT2D eigenvalue weighted by molar-refractivity contribution is 7.85. The third kappa shape index (κ3) is 6.51. The summed E-state index contributed by atoms with van der Waals surface area (Å²) in [6.45, 7) is 5.34. The van der Waals surface area contributed by atoms with E-state index >= 15 is 0 Å². The zero-order valence-corrected chi connectivity index (χ0v) is 9.75. The Morgan fingerprint density at radius 1 is 1.50 bits per heavy atom. The maximum absolute atomic E-state index is 11.1. The molecule has 0 aliphatic heterocycles. The number of hydrogen-bond donors (Lipinski definition) is 4. The molecule has 0 aliphatic rings. The van der Waals surface area contributed by atoms with E-state index in [-0.39, 0.29) is 18.7 Å². The molecule has 0 fully saturated rings. The average molecular weight is 252 g/mol. The van der Waals surface area contributed by atoms with Crippen molar-refractivity contribution in [3.8, 4) is 0 Å². The van der Waals surface area contributed by atoms with Crippen molar-refractivity contribution in [1.29, 1.82) is 0 Å². The van der Waals surface area contributed by atoms with E-state index < -0.39 is 22.1 Å². The van der Waals surface area contributed by atoms with Crippen LogP contribution in [0.25, 0.3) is 0 Å². The Hall–Kier alpha value is -0.960. The molecule has 1 atom stereocenters. The van der Waals surface area contributed by atoms with E-state index in [4.69, 9.17) is 9.76 Å². The number of amides is 1. The van der Waals surface area contributed by atoms with Crippen molar-refractivity contribution in [2.75, 3.05) is 12.3 Å². The summed E-state index contributed by atoms with van der Waals surface area (Å²) >= 11 is 0. The first-order valence-corrected chi connectivity index (χ1v) is 6.16. The number of rotatable bonds is 7. The molecule has 0 aromatic rings. The summed E-state index contributed by atoms with van der Waals surface area (Å²) < 4.78 is 29.2. The first kappa shape index (κ1) is 15.0. The Labute approximate surface area is 94.2 Å². The molecule has 0 radical (unpaired) electrons. The summed E-state index contributed by atoms with van der Waals surface area (Å²) in [6, 6.07) is -0.786. The zero-order chi connectivity index (χ0) is 12.8. The molecule has 0 spiro atoms. The van der Waals surface area contributed by atoms with Gasteiger partial charge in [-0.1, -0.05) is 12.2 Å². The van der Waals surface area contributed by atoms with Crippen LogP contribution >= 0.6 is 0 Å². The van der Waals surface area contributed by atoms with Gasteiger partial charge in [0.05, 0.1) is 5.75 Å². The molecule has 16 heavy (non-hydrogen) atoms. The highest BCUT2D eigenvalue weighted by Gasteiger charge is 2.17. The van der Waals surface area contributed by atoms with Gasteiger partial charge in [0.2, 0.25) is 0 Å². The summed E-state index contributed by atoms with van der Waals surface area (Å²) in [7, 11) is -3.98. The predicted molar refractivity (Wildman–Crippen MR) is 57.6 cm³/mol. The second kappa shape index (κ2) is 6.59. The van der Waals surface area contributed by atoms with Crippen molar-refractivity contribution in [1.82, 2.24) is 10.8 Å². The summed E-state index contributed by atoms with van der Waals surface area (Å²) in [5.41, 5.74) is 1.96. The maximum Gasteiger partial charge on any atom is 0.264 e. The van der Waals surface area contributed by atoms with Crippen LogP contribution in [0.15, 0.2) is 12.2 Å². The topological polar surface area (TPSA) is 116 Å². The standard InChI is InChI=1S/C8H16N2O5S/c1-6(2)7(8(11)10-12)9-4-3-5-16(13,14)15/h7,9,12H,1,3-5H2,2H3,(H,10,11)(H,13,14,15)/t7-/m1/s1. The quantitative estimate of drug-likeness (QED) is 0.157. The minimum Gasteiger partial charge on any atom is -0.302 e. The molecular weight excluding hydrogens is 236 g/mol. The van der Waals surface area contributed by atoms with Gasteiger partial charge in [-0.2, -0.15) is 8.42 Å². The van der Waals surface area contributed by atoms with Crippen LogP contribution in [-0.4, -0.2) is 42.4 Å². The fraction of sp³-hybridized carbons (Fsp3) is 0.625. The lowest BCUT2D eigenvalue weighted by molar-refractivity contribution is -0.130. The minimum absolute atomic E-state index is 0.154. The maximum atomic E-state index is 11.1. The lowest BCUT2D eigenvalue weighted by Crippen LogP contribution is -2.44. The predicted octanol–water partition coefficient (Wildman–Crippen LogP) is -0.696. The van der Waals surface area contributed by atoms with E-state index in [2.05, 4.69) is 11.9 Å². The number of hydrogen-bond acceptors (Lipinski definition) is 5. The molecular formula is C8H16N2O5S. The highest BCUT2D eigenvalue weighted by atomic mass is 32.2. The van der Waals surface area contributed by atoms with Gasteiger partial charge in [-0.25, -0.2) is 5.48 Å². The zero-order valence-electron chi connectivity index (χ0n) is 8.93. The molecule has 4 N–H and O–H groups in total. The van der Waals surface area contributed by atoms with Crippen LogP contribution in [0.2, 0.25) is 0 Å². The number of nitrogens with one attached hydrogen (secondary N) is 2. The third-order valence-corrected chi connectivity index (χ3v) is 2.60. The van der Waals surface area contributed by atoms with Crippen LogP contribution in [0.1, 0.15) is 13.3 Å². The van der Waals surface area contributed by atoms with Crippen molar-refractivity contribution in [3.63, 3.8) is 0 Å². The van der Waals surface area contributed by atoms with Crippen LogP contribution in [-0.2, 0) is 14.9 Å². The summed E-state index contributed by atoms with van der Waals surface area (Å²) in [5, 5.41) is 11.1. The Balaban J connectivity index is 4.05. The van der Waals surface area contributed by atoms with Gasteiger partial charge in [0.15, 0.2) is 0 Å². The van der Waals surface area contributed by atoms with Crippen LogP contribution in [0.5, 0.6) is 0 Å². The van der Waals surface area contributed by atoms with E-state index in [1.54, 1.807) is 6.92 Å². The molecule has 0 unspecified atom stereocenters. The van der Waals surface area contributed by atoms with Gasteiger partial charge in [-0.05, 0) is 19.9 Å². The number of carbonyl (C=O) groups excluding carboxylic acids is 1. The first-order chi connectivity index (χ1) is 7.28. The van der Waals surface area contributed by atoms with Crippen molar-refractivity contribution in [3.05, 3.63) is 12.2 Å². The first-order valence-electron chi connectivity index (χ1n) is 4.56. The monoisotopic (exact) mass is 252 g/mol. The molecule has 0 aliphatic carbocycles. The van der Waals surface area contributed by atoms with Gasteiger partial charge < -0.3 is 5.32 Å². The van der Waals surface area contributed by atoms with Gasteiger partial charge in [0.25, 0.3) is 16.0 Å². The SMILES string of the molecule is C=C(C)[C@@H](NCCCS(=O)(=O)O)C(=O)NO. The molecule has 0 aromatic carbocycles. The molecule has 7 nitrogen and oxygen atoms in total. The largest absolute Gasteiger partial charge is 0.302 e. The smallest absolute Gasteiger partial charge is 0.264 e. The van der Waals surface area contributed by atoms with Crippen LogP contribution < -0.4 is 10.8 Å². The highest BCUT2D eigenvalue weighted by Crippen LogP contribution is 1.98. The van der Waals surface area contributed by atoms with E-state index in [0.717, 1.165) is 0 Å². The molecule has 94 valence electrons. The van der Waals surface area contributed by atoms with Gasteiger partial charge >= 0.3 is 0 Å². The van der Waals surface area contributed by atoms with Crippen LogP contribution in [0.4, 0.5) is 0 Å². The van der Waals surface area contributed by atoms with Crippen LogP contribution in [0, 0.1) is 0 Å². The molecule has 1 amide bonds. The van der Waals surface area contributed by atoms with E-state index in [1.807, 2.05) is 0 Å². The summed E-state index contributed by atoms with van der Waals surface area (Å²) in [4.78, 5) is 11.1. The number of hydroxylamine groups is 1. The average Bonchev–Trinajstić information content (AvgIpc) is 2.14. The van der Waals surface area contributed by atoms with Crippen molar-refractivity contribution < 1.29 is 23.0 Å². The van der Waals surface area contributed by atoms with Gasteiger partial charge in [-0.15, -0.1) is 0 Å². The summed E-state index contributed by atoms with van der Waals surface area (Å²) in [5.74, 6) is -1.05. The lowest BCUT2D eigenvalue weighted by Gasteiger charge is -2.16. The fourth-order valence-electron chi connectivity index (χ4n) is 1.06. The molecule has 0 aromatic heterocycles. The third-order valence-electron chi connectivity index (χ3n) is 1.79. The molecule has 0 rings (SSSR count). The van der Waals surface area contributed by atoms with E-state index in [1.165, 1.54) is 5.48 Å². The fourth-order valence-corrected chi connectivity index (χ4v) is 1.57. The molecule has 0 saturated heterocycles. The molecule has 0 heterocycles. The Morgan fingerprint density at radius 3 is 2.44 bits per heavy atom. The van der Waals surface area contributed by atoms with Gasteiger partial charge in [0.1, 0.15) is 6.04 Å². The Morgan fingerprint density at radius 2 is 2.06 bits per heavy atom. The van der Waals surface area contributed by atoms with Crippen molar-refractivity contribution >= 4 is 16.0 Å². The lowest BCUT2D eigenvalue weighted by atomic mass is 10.1. The molecule has 0 bridgehead atoms. The normalized spacial score (nSPS) is 13.2. The van der Waals surface area contributed by atoms with Gasteiger partial charge in [-0.3, -0.25) is 14.6 Å². The second-order valence-electron chi connectivity index (χ2n) is 3.35. The molecule has 0 saturated carbocycles. The summed E-state index contributed by atoms with van der Waals surface area (Å²) in [6.07, 6.45) is 0.154. The Bertz CT molecular complexity index is 351. The van der Waals surface area contributed by atoms with Crippen molar-refractivity contribution in [2.45, 2.75) is 19.4 Å². The van der Waals surface area contributed by atoms with Gasteiger partial charge in [0, 0.05) is 0 Å². The minimum atomic E-state index is -3.98. The van der Waals surface area contributed by atoms with Crippen LogP contribution in [0.3, 0.4) is 0 Å². The molecule has 8 heteroatoms. The van der Waals surface area contributed by atoms with Crippen molar-refractivity contribution in [2.24, 2.45) is 0 Å². The van der Waals surface area contributed by atoms with E-state index in [0.29, 0.717) is 5.57 Å². The van der Waals surface area contributed by atoms with E-state index in [9.17, 15) is 13.2 Å². The number of carbonyl (C=O) groups is 1. The Kier molecular flexibility index (Phi) is 6.19. The second-order valence-corrected chi connectivity index (χ2v) is 4.92.